The van der Waals surface area contributed by atoms with Gasteiger partial charge in [0.15, 0.2) is 0 Å². The highest BCUT2D eigenvalue weighted by molar-refractivity contribution is 5.97. The van der Waals surface area contributed by atoms with Gasteiger partial charge in [0, 0.05) is 36.3 Å². The zero-order valence-corrected chi connectivity index (χ0v) is 11.6. The van der Waals surface area contributed by atoms with Gasteiger partial charge in [0.1, 0.15) is 5.82 Å². The number of aromatic amines is 1. The summed E-state index contributed by atoms with van der Waals surface area (Å²) in [6.07, 6.45) is 1.85. The average molecular weight is 282 g/mol. The largest absolute Gasteiger partial charge is 0.361 e. The number of benzene rings is 2. The minimum absolute atomic E-state index is 0.0533. The number of rotatable bonds is 3. The molecule has 0 unspecified atom stereocenters. The molecule has 4 heteroatoms. The van der Waals surface area contributed by atoms with E-state index in [1.807, 2.05) is 30.5 Å². The van der Waals surface area contributed by atoms with Gasteiger partial charge in [-0.05, 0) is 42.0 Å². The number of nitrogens with zero attached hydrogens (tertiary/aromatic N) is 1. The smallest absolute Gasteiger partial charge is 0.253 e. The molecule has 21 heavy (non-hydrogen) atoms. The normalized spacial score (nSPS) is 10.8. The Morgan fingerprint density at radius 3 is 2.67 bits per heavy atom. The third kappa shape index (κ3) is 2.79. The molecule has 3 aromatic rings. The predicted octanol–water partition coefficient (Wildman–Crippen LogP) is 3.58. The van der Waals surface area contributed by atoms with Crippen LogP contribution in [-0.4, -0.2) is 22.8 Å². The van der Waals surface area contributed by atoms with E-state index in [2.05, 4.69) is 4.98 Å². The van der Waals surface area contributed by atoms with Crippen LogP contribution >= 0.6 is 0 Å². The SMILES string of the molecule is CN(Cc1ccc(F)cc1)C(=O)c1ccc2[nH]ccc2c1. The molecule has 3 rings (SSSR count). The quantitative estimate of drug-likeness (QED) is 0.783. The fraction of sp³-hybridized carbons (Fsp3) is 0.118. The molecular formula is C17H15FN2O. The van der Waals surface area contributed by atoms with Gasteiger partial charge in [-0.2, -0.15) is 0 Å². The van der Waals surface area contributed by atoms with Gasteiger partial charge >= 0.3 is 0 Å². The molecule has 0 spiro atoms. The Morgan fingerprint density at radius 1 is 1.14 bits per heavy atom. The van der Waals surface area contributed by atoms with E-state index in [4.69, 9.17) is 0 Å². The molecule has 0 fully saturated rings. The fourth-order valence-electron chi connectivity index (χ4n) is 2.34. The highest BCUT2D eigenvalue weighted by Gasteiger charge is 2.12. The number of amides is 1. The minimum atomic E-state index is -0.273. The van der Waals surface area contributed by atoms with Crippen LogP contribution in [-0.2, 0) is 6.54 Å². The molecule has 1 heterocycles. The highest BCUT2D eigenvalue weighted by Crippen LogP contribution is 2.16. The van der Waals surface area contributed by atoms with Crippen molar-refractivity contribution in [3.63, 3.8) is 0 Å². The van der Waals surface area contributed by atoms with E-state index in [9.17, 15) is 9.18 Å². The van der Waals surface area contributed by atoms with Crippen LogP contribution in [0.25, 0.3) is 10.9 Å². The Hall–Kier alpha value is -2.62. The Balaban J connectivity index is 1.78. The van der Waals surface area contributed by atoms with Crippen LogP contribution in [0.1, 0.15) is 15.9 Å². The third-order valence-corrected chi connectivity index (χ3v) is 3.48. The van der Waals surface area contributed by atoms with E-state index < -0.39 is 0 Å². The van der Waals surface area contributed by atoms with Gasteiger partial charge in [0.2, 0.25) is 0 Å². The van der Waals surface area contributed by atoms with Crippen molar-refractivity contribution in [3.8, 4) is 0 Å². The molecule has 2 aromatic carbocycles. The van der Waals surface area contributed by atoms with Crippen LogP contribution in [0.15, 0.2) is 54.7 Å². The van der Waals surface area contributed by atoms with Crippen molar-refractivity contribution in [2.24, 2.45) is 0 Å². The molecule has 1 amide bonds. The van der Waals surface area contributed by atoms with Crippen molar-refractivity contribution in [3.05, 3.63) is 71.7 Å². The Morgan fingerprint density at radius 2 is 1.90 bits per heavy atom. The molecule has 0 aliphatic heterocycles. The van der Waals surface area contributed by atoms with Crippen molar-refractivity contribution < 1.29 is 9.18 Å². The third-order valence-electron chi connectivity index (χ3n) is 3.48. The van der Waals surface area contributed by atoms with Crippen LogP contribution < -0.4 is 0 Å². The lowest BCUT2D eigenvalue weighted by Crippen LogP contribution is -2.26. The first kappa shape index (κ1) is 13.4. The lowest BCUT2D eigenvalue weighted by molar-refractivity contribution is 0.0785. The van der Waals surface area contributed by atoms with E-state index in [0.717, 1.165) is 16.5 Å². The molecule has 0 saturated carbocycles. The molecule has 0 aliphatic rings. The number of aromatic nitrogens is 1. The van der Waals surface area contributed by atoms with Crippen LogP contribution in [0.5, 0.6) is 0 Å². The summed E-state index contributed by atoms with van der Waals surface area (Å²) >= 11 is 0. The Labute approximate surface area is 122 Å². The van der Waals surface area contributed by atoms with Crippen LogP contribution in [0.4, 0.5) is 4.39 Å². The molecule has 0 atom stereocenters. The molecule has 0 radical (unpaired) electrons. The molecule has 1 N–H and O–H groups in total. The monoisotopic (exact) mass is 282 g/mol. The van der Waals surface area contributed by atoms with Crippen molar-refractivity contribution >= 4 is 16.8 Å². The van der Waals surface area contributed by atoms with Gasteiger partial charge in [0.25, 0.3) is 5.91 Å². The molecule has 0 aliphatic carbocycles. The summed E-state index contributed by atoms with van der Waals surface area (Å²) in [5, 5.41) is 1.01. The van der Waals surface area contributed by atoms with Gasteiger partial charge in [-0.3, -0.25) is 4.79 Å². The number of fused-ring (bicyclic) bond motifs is 1. The number of hydrogen-bond acceptors (Lipinski definition) is 1. The van der Waals surface area contributed by atoms with Crippen molar-refractivity contribution in [2.75, 3.05) is 7.05 Å². The number of H-pyrrole nitrogens is 1. The molecule has 106 valence electrons. The summed E-state index contributed by atoms with van der Waals surface area (Å²) in [6, 6.07) is 13.7. The van der Waals surface area contributed by atoms with Crippen LogP contribution in [0.3, 0.4) is 0 Å². The zero-order chi connectivity index (χ0) is 14.8. The number of halogens is 1. The average Bonchev–Trinajstić information content (AvgIpc) is 2.96. The Bertz CT molecular complexity index is 777. The second-order valence-corrected chi connectivity index (χ2v) is 5.07. The maximum atomic E-state index is 12.9. The topological polar surface area (TPSA) is 36.1 Å². The molecule has 1 aromatic heterocycles. The lowest BCUT2D eigenvalue weighted by Gasteiger charge is -2.17. The van der Waals surface area contributed by atoms with E-state index >= 15 is 0 Å². The predicted molar refractivity (Wildman–Crippen MR) is 80.5 cm³/mol. The van der Waals surface area contributed by atoms with E-state index in [1.54, 1.807) is 24.1 Å². The van der Waals surface area contributed by atoms with Gasteiger partial charge in [-0.1, -0.05) is 12.1 Å². The molecule has 0 bridgehead atoms. The second-order valence-electron chi connectivity index (χ2n) is 5.07. The summed E-state index contributed by atoms with van der Waals surface area (Å²) in [7, 11) is 1.74. The van der Waals surface area contributed by atoms with Crippen molar-refractivity contribution in [1.29, 1.82) is 0 Å². The van der Waals surface area contributed by atoms with E-state index in [-0.39, 0.29) is 11.7 Å². The summed E-state index contributed by atoms with van der Waals surface area (Å²) in [5.74, 6) is -0.326. The van der Waals surface area contributed by atoms with Gasteiger partial charge in [0.05, 0.1) is 0 Å². The first-order valence-electron chi connectivity index (χ1n) is 6.70. The number of hydrogen-bond donors (Lipinski definition) is 1. The molecular weight excluding hydrogens is 267 g/mol. The number of nitrogens with one attached hydrogen (secondary N) is 1. The van der Waals surface area contributed by atoms with Gasteiger partial charge in [-0.15, -0.1) is 0 Å². The molecule has 3 nitrogen and oxygen atoms in total. The second kappa shape index (κ2) is 5.40. The fourth-order valence-corrected chi connectivity index (χ4v) is 2.34. The maximum Gasteiger partial charge on any atom is 0.253 e. The molecule has 0 saturated heterocycles. The zero-order valence-electron chi connectivity index (χ0n) is 11.6. The van der Waals surface area contributed by atoms with Crippen LogP contribution in [0.2, 0.25) is 0 Å². The Kier molecular flexibility index (Phi) is 3.44. The summed E-state index contributed by atoms with van der Waals surface area (Å²) < 4.78 is 12.9. The first-order chi connectivity index (χ1) is 10.1. The van der Waals surface area contributed by atoms with Crippen molar-refractivity contribution in [1.82, 2.24) is 9.88 Å². The van der Waals surface area contributed by atoms with E-state index in [1.165, 1.54) is 12.1 Å². The summed E-state index contributed by atoms with van der Waals surface area (Å²) in [5.41, 5.74) is 2.55. The van der Waals surface area contributed by atoms with Crippen LogP contribution in [0, 0.1) is 5.82 Å². The summed E-state index contributed by atoms with van der Waals surface area (Å²) in [4.78, 5) is 17.1. The van der Waals surface area contributed by atoms with Crippen molar-refractivity contribution in [2.45, 2.75) is 6.54 Å². The number of carbonyl (C=O) groups excluding carboxylic acids is 1. The van der Waals surface area contributed by atoms with Gasteiger partial charge < -0.3 is 9.88 Å². The number of carbonyl (C=O) groups is 1. The first-order valence-corrected chi connectivity index (χ1v) is 6.70. The lowest BCUT2D eigenvalue weighted by atomic mass is 10.1. The minimum Gasteiger partial charge on any atom is -0.361 e. The standard InChI is InChI=1S/C17H15FN2O/c1-20(11-12-2-5-15(18)6-3-12)17(21)14-4-7-16-13(10-14)8-9-19-16/h2-10,19H,11H2,1H3. The van der Waals surface area contributed by atoms with E-state index in [0.29, 0.717) is 12.1 Å². The van der Waals surface area contributed by atoms with Gasteiger partial charge in [-0.25, -0.2) is 4.39 Å². The highest BCUT2D eigenvalue weighted by atomic mass is 19.1. The summed E-state index contributed by atoms with van der Waals surface area (Å²) in [6.45, 7) is 0.449. The maximum absolute atomic E-state index is 12.9.